The van der Waals surface area contributed by atoms with Gasteiger partial charge in [0.25, 0.3) is 5.91 Å². The zero-order chi connectivity index (χ0) is 15.2. The summed E-state index contributed by atoms with van der Waals surface area (Å²) in [6.07, 6.45) is 5.07. The van der Waals surface area contributed by atoms with Crippen molar-refractivity contribution in [3.63, 3.8) is 0 Å². The highest BCUT2D eigenvalue weighted by Crippen LogP contribution is 2.11. The molecule has 0 aliphatic carbocycles. The first-order valence-corrected chi connectivity index (χ1v) is 7.29. The Morgan fingerprint density at radius 1 is 1.38 bits per heavy atom. The van der Waals surface area contributed by atoms with E-state index in [1.54, 1.807) is 16.9 Å². The molecule has 0 unspecified atom stereocenters. The van der Waals surface area contributed by atoms with Crippen LogP contribution in [0.5, 0.6) is 0 Å². The molecule has 2 heterocycles. The molecule has 2 rings (SSSR count). The van der Waals surface area contributed by atoms with E-state index in [1.807, 2.05) is 19.9 Å². The molecule has 0 saturated carbocycles. The molecule has 0 aliphatic heterocycles. The van der Waals surface area contributed by atoms with E-state index >= 15 is 0 Å². The highest BCUT2D eigenvalue weighted by atomic mass is 16.1. The molecule has 2 aromatic heterocycles. The fourth-order valence-electron chi connectivity index (χ4n) is 2.21. The van der Waals surface area contributed by atoms with Crippen molar-refractivity contribution in [1.82, 2.24) is 25.1 Å². The van der Waals surface area contributed by atoms with Crippen molar-refractivity contribution in [3.05, 3.63) is 41.7 Å². The Kier molecular flexibility index (Phi) is 5.03. The molecule has 112 valence electrons. The number of hydrogen-bond donors (Lipinski definition) is 1. The number of nitrogens with one attached hydrogen (secondary N) is 1. The van der Waals surface area contributed by atoms with Crippen LogP contribution in [-0.2, 0) is 13.0 Å². The van der Waals surface area contributed by atoms with Crippen LogP contribution < -0.4 is 5.32 Å². The Labute approximate surface area is 124 Å². The Bertz CT molecular complexity index is 608. The zero-order valence-electron chi connectivity index (χ0n) is 12.7. The van der Waals surface area contributed by atoms with E-state index in [0.29, 0.717) is 5.56 Å². The van der Waals surface area contributed by atoms with Crippen LogP contribution in [0.15, 0.2) is 24.7 Å². The summed E-state index contributed by atoms with van der Waals surface area (Å²) in [5.41, 5.74) is 1.57. The van der Waals surface area contributed by atoms with Crippen molar-refractivity contribution in [1.29, 1.82) is 0 Å². The van der Waals surface area contributed by atoms with E-state index in [2.05, 4.69) is 27.3 Å². The predicted molar refractivity (Wildman–Crippen MR) is 79.8 cm³/mol. The van der Waals surface area contributed by atoms with Gasteiger partial charge in [-0.2, -0.15) is 5.10 Å². The molecule has 2 aromatic rings. The van der Waals surface area contributed by atoms with Crippen LogP contribution in [-0.4, -0.2) is 25.7 Å². The summed E-state index contributed by atoms with van der Waals surface area (Å²) in [5, 5.41) is 7.07. The van der Waals surface area contributed by atoms with Gasteiger partial charge in [-0.3, -0.25) is 9.78 Å². The molecule has 6 nitrogen and oxygen atoms in total. The molecule has 0 saturated heterocycles. The first kappa shape index (κ1) is 15.2. The first-order chi connectivity index (χ1) is 10.2. The van der Waals surface area contributed by atoms with Crippen LogP contribution in [0.25, 0.3) is 0 Å². The minimum Gasteiger partial charge on any atom is -0.342 e. The van der Waals surface area contributed by atoms with E-state index in [9.17, 15) is 4.79 Å². The van der Waals surface area contributed by atoms with Crippen LogP contribution in [0.4, 0.5) is 0 Å². The number of aryl methyl sites for hydroxylation is 2. The van der Waals surface area contributed by atoms with Crippen molar-refractivity contribution in [3.8, 4) is 0 Å². The molecular weight excluding hydrogens is 266 g/mol. The maximum Gasteiger partial charge on any atom is 0.251 e. The summed E-state index contributed by atoms with van der Waals surface area (Å²) < 4.78 is 1.78. The van der Waals surface area contributed by atoms with E-state index in [0.717, 1.165) is 30.9 Å². The van der Waals surface area contributed by atoms with Crippen molar-refractivity contribution in [2.75, 3.05) is 0 Å². The molecule has 1 N–H and O–H groups in total. The maximum absolute atomic E-state index is 12.3. The van der Waals surface area contributed by atoms with Gasteiger partial charge >= 0.3 is 0 Å². The van der Waals surface area contributed by atoms with Gasteiger partial charge in [0.15, 0.2) is 0 Å². The monoisotopic (exact) mass is 287 g/mol. The summed E-state index contributed by atoms with van der Waals surface area (Å²) in [5.74, 6) is 0.640. The first-order valence-electron chi connectivity index (χ1n) is 7.29. The largest absolute Gasteiger partial charge is 0.342 e. The molecule has 21 heavy (non-hydrogen) atoms. The zero-order valence-corrected chi connectivity index (χ0v) is 12.7. The van der Waals surface area contributed by atoms with E-state index in [-0.39, 0.29) is 11.9 Å². The van der Waals surface area contributed by atoms with Crippen LogP contribution >= 0.6 is 0 Å². The Hall–Kier alpha value is -2.24. The number of hydrogen-bond acceptors (Lipinski definition) is 4. The highest BCUT2D eigenvalue weighted by molar-refractivity contribution is 5.94. The van der Waals surface area contributed by atoms with Crippen molar-refractivity contribution < 1.29 is 4.79 Å². The number of amides is 1. The van der Waals surface area contributed by atoms with Gasteiger partial charge in [-0.25, -0.2) is 9.67 Å². The number of rotatable bonds is 6. The number of carbonyl (C=O) groups is 1. The molecule has 0 aromatic carbocycles. The van der Waals surface area contributed by atoms with Gasteiger partial charge in [0.05, 0.1) is 6.04 Å². The third-order valence-corrected chi connectivity index (χ3v) is 3.26. The second kappa shape index (κ2) is 6.97. The number of carbonyl (C=O) groups excluding carboxylic acids is 1. The van der Waals surface area contributed by atoms with Gasteiger partial charge in [-0.05, 0) is 32.4 Å². The van der Waals surface area contributed by atoms with Crippen LogP contribution in [0.3, 0.4) is 0 Å². The Morgan fingerprint density at radius 3 is 2.90 bits per heavy atom. The third-order valence-electron chi connectivity index (χ3n) is 3.26. The van der Waals surface area contributed by atoms with Gasteiger partial charge in [-0.1, -0.05) is 13.3 Å². The molecule has 0 radical (unpaired) electrons. The number of aromatic nitrogens is 4. The summed E-state index contributed by atoms with van der Waals surface area (Å²) in [6, 6.07) is 3.38. The van der Waals surface area contributed by atoms with Gasteiger partial charge in [0, 0.05) is 24.0 Å². The van der Waals surface area contributed by atoms with E-state index in [4.69, 9.17) is 0 Å². The molecule has 0 fully saturated rings. The SMILES string of the molecule is CCCc1cc(C(=O)N[C@@H](C)c2ncnn2CC)ccn1. The highest BCUT2D eigenvalue weighted by Gasteiger charge is 2.16. The van der Waals surface area contributed by atoms with Gasteiger partial charge in [-0.15, -0.1) is 0 Å². The lowest BCUT2D eigenvalue weighted by molar-refractivity contribution is 0.0937. The average molecular weight is 287 g/mol. The van der Waals surface area contributed by atoms with E-state index in [1.165, 1.54) is 6.33 Å². The number of nitrogens with zero attached hydrogens (tertiary/aromatic N) is 4. The number of pyridine rings is 1. The molecule has 1 atom stereocenters. The lowest BCUT2D eigenvalue weighted by Gasteiger charge is -2.14. The summed E-state index contributed by atoms with van der Waals surface area (Å²) in [7, 11) is 0. The molecule has 0 spiro atoms. The van der Waals surface area contributed by atoms with Crippen molar-refractivity contribution >= 4 is 5.91 Å². The maximum atomic E-state index is 12.3. The second-order valence-electron chi connectivity index (χ2n) is 4.92. The van der Waals surface area contributed by atoms with Crippen molar-refractivity contribution in [2.24, 2.45) is 0 Å². The minimum atomic E-state index is -0.192. The topological polar surface area (TPSA) is 72.7 Å². The summed E-state index contributed by atoms with van der Waals surface area (Å²) >= 11 is 0. The molecule has 6 heteroatoms. The molecule has 0 aliphatic rings. The fraction of sp³-hybridized carbons (Fsp3) is 0.467. The smallest absolute Gasteiger partial charge is 0.251 e. The molecule has 1 amide bonds. The van der Waals surface area contributed by atoms with Crippen LogP contribution in [0.1, 0.15) is 55.1 Å². The lowest BCUT2D eigenvalue weighted by Crippen LogP contribution is -2.29. The van der Waals surface area contributed by atoms with Crippen molar-refractivity contribution in [2.45, 2.75) is 46.2 Å². The third kappa shape index (κ3) is 3.65. The fourth-order valence-corrected chi connectivity index (χ4v) is 2.21. The quantitative estimate of drug-likeness (QED) is 0.883. The van der Waals surface area contributed by atoms with Gasteiger partial charge in [0.2, 0.25) is 0 Å². The summed E-state index contributed by atoms with van der Waals surface area (Å²) in [6.45, 7) is 6.72. The predicted octanol–water partition coefficient (Wildman–Crippen LogP) is 2.14. The Morgan fingerprint density at radius 2 is 2.19 bits per heavy atom. The normalized spacial score (nSPS) is 12.1. The Balaban J connectivity index is 2.09. The molecular formula is C15H21N5O. The lowest BCUT2D eigenvalue weighted by atomic mass is 10.1. The molecule has 0 bridgehead atoms. The minimum absolute atomic E-state index is 0.118. The average Bonchev–Trinajstić information content (AvgIpc) is 2.96. The summed E-state index contributed by atoms with van der Waals surface area (Å²) in [4.78, 5) is 20.8. The van der Waals surface area contributed by atoms with Gasteiger partial charge in [0.1, 0.15) is 12.2 Å². The van der Waals surface area contributed by atoms with E-state index < -0.39 is 0 Å². The second-order valence-corrected chi connectivity index (χ2v) is 4.92. The standard InChI is InChI=1S/C15H21N5O/c1-4-6-13-9-12(7-8-16-13)15(21)19-11(3)14-17-10-18-20(14)5-2/h7-11H,4-6H2,1-3H3,(H,19,21)/t11-/m0/s1. The van der Waals surface area contributed by atoms with Gasteiger partial charge < -0.3 is 5.32 Å². The van der Waals surface area contributed by atoms with Crippen LogP contribution in [0.2, 0.25) is 0 Å². The van der Waals surface area contributed by atoms with Crippen LogP contribution in [0, 0.1) is 0 Å².